The van der Waals surface area contributed by atoms with Gasteiger partial charge in [-0.15, -0.1) is 0 Å². The van der Waals surface area contributed by atoms with Gasteiger partial charge >= 0.3 is 0 Å². The van der Waals surface area contributed by atoms with Crippen LogP contribution >= 0.6 is 0 Å². The molecule has 1 aliphatic heterocycles. The van der Waals surface area contributed by atoms with Gasteiger partial charge in [0.05, 0.1) is 25.9 Å². The van der Waals surface area contributed by atoms with Crippen LogP contribution in [0.25, 0.3) is 0 Å². The molecule has 0 radical (unpaired) electrons. The fraction of sp³-hybridized carbons (Fsp3) is 0.381. The largest absolute Gasteiger partial charge is 0.496 e. The first-order valence-corrected chi connectivity index (χ1v) is 8.94. The van der Waals surface area contributed by atoms with Crippen LogP contribution in [0.5, 0.6) is 11.5 Å². The number of carbonyl (C=O) groups is 1. The molecule has 0 N–H and O–H groups in total. The molecule has 1 atom stereocenters. The summed E-state index contributed by atoms with van der Waals surface area (Å²) in [7, 11) is 3.43. The number of nitrogens with zero attached hydrogens (tertiary/aromatic N) is 2. The molecular weight excluding hydrogens is 328 g/mol. The van der Waals surface area contributed by atoms with Crippen molar-refractivity contribution in [3.05, 3.63) is 53.6 Å². The number of fused-ring (bicyclic) bond motifs is 1. The number of carbonyl (C=O) groups excluding carboxylic acids is 1. The monoisotopic (exact) mass is 354 g/mol. The van der Waals surface area contributed by atoms with Crippen LogP contribution in [0.1, 0.15) is 22.8 Å². The predicted octanol–water partition coefficient (Wildman–Crippen LogP) is 3.36. The number of para-hydroxylation sites is 2. The normalized spacial score (nSPS) is 15.8. The van der Waals surface area contributed by atoms with Crippen LogP contribution in [-0.4, -0.2) is 50.7 Å². The molecule has 2 aromatic carbocycles. The van der Waals surface area contributed by atoms with Gasteiger partial charge in [0.25, 0.3) is 5.91 Å². The van der Waals surface area contributed by atoms with Crippen molar-refractivity contribution in [2.75, 3.05) is 38.7 Å². The Balaban J connectivity index is 1.72. The maximum absolute atomic E-state index is 12.8. The van der Waals surface area contributed by atoms with E-state index >= 15 is 0 Å². The average molecular weight is 354 g/mol. The van der Waals surface area contributed by atoms with E-state index in [1.165, 1.54) is 0 Å². The van der Waals surface area contributed by atoms with E-state index in [-0.39, 0.29) is 12.0 Å². The Hall–Kier alpha value is -2.69. The molecule has 1 aliphatic rings. The lowest BCUT2D eigenvalue weighted by Crippen LogP contribution is -2.46. The van der Waals surface area contributed by atoms with Crippen molar-refractivity contribution in [2.45, 2.75) is 20.0 Å². The number of rotatable bonds is 5. The summed E-state index contributed by atoms with van der Waals surface area (Å²) >= 11 is 0. The fourth-order valence-corrected chi connectivity index (χ4v) is 3.34. The van der Waals surface area contributed by atoms with Crippen molar-refractivity contribution in [3.63, 3.8) is 0 Å². The van der Waals surface area contributed by atoms with Gasteiger partial charge in [-0.2, -0.15) is 0 Å². The molecule has 0 aromatic heterocycles. The van der Waals surface area contributed by atoms with Crippen LogP contribution in [0.15, 0.2) is 42.5 Å². The molecular formula is C21H26N2O3. The zero-order chi connectivity index (χ0) is 18.7. The molecule has 0 saturated heterocycles. The molecule has 0 bridgehead atoms. The van der Waals surface area contributed by atoms with Gasteiger partial charge in [-0.05, 0) is 43.7 Å². The van der Waals surface area contributed by atoms with Crippen LogP contribution in [-0.2, 0) is 0 Å². The van der Waals surface area contributed by atoms with E-state index in [0.29, 0.717) is 12.1 Å². The van der Waals surface area contributed by atoms with E-state index in [0.717, 1.165) is 35.8 Å². The third-order valence-electron chi connectivity index (χ3n) is 4.78. The molecule has 138 valence electrons. The summed E-state index contributed by atoms with van der Waals surface area (Å²) in [4.78, 5) is 16.8. The Morgan fingerprint density at radius 1 is 1.31 bits per heavy atom. The number of likely N-dealkylation sites (N-methyl/N-ethyl adjacent to an activating group) is 2. The van der Waals surface area contributed by atoms with Gasteiger partial charge in [-0.1, -0.05) is 18.2 Å². The number of anilines is 1. The average Bonchev–Trinajstić information content (AvgIpc) is 2.67. The Morgan fingerprint density at radius 2 is 2.08 bits per heavy atom. The molecule has 0 aliphatic carbocycles. The number of amides is 1. The second kappa shape index (κ2) is 7.68. The molecule has 0 fully saturated rings. The molecule has 1 amide bonds. The molecule has 5 heteroatoms. The summed E-state index contributed by atoms with van der Waals surface area (Å²) in [5.41, 5.74) is 2.75. The third-order valence-corrected chi connectivity index (χ3v) is 4.78. The van der Waals surface area contributed by atoms with E-state index in [4.69, 9.17) is 9.47 Å². The number of benzene rings is 2. The van der Waals surface area contributed by atoms with Gasteiger partial charge in [-0.25, -0.2) is 0 Å². The highest BCUT2D eigenvalue weighted by Gasteiger charge is 2.27. The second-order valence-electron chi connectivity index (χ2n) is 6.62. The molecule has 3 rings (SSSR count). The number of ether oxygens (including phenoxy) is 2. The van der Waals surface area contributed by atoms with Crippen molar-refractivity contribution >= 4 is 11.6 Å². The van der Waals surface area contributed by atoms with E-state index in [1.807, 2.05) is 44.3 Å². The Kier molecular flexibility index (Phi) is 5.35. The quantitative estimate of drug-likeness (QED) is 0.826. The highest BCUT2D eigenvalue weighted by molar-refractivity contribution is 5.94. The molecule has 26 heavy (non-hydrogen) atoms. The number of methoxy groups -OCH3 is 1. The minimum atomic E-state index is -0.0638. The topological polar surface area (TPSA) is 42.0 Å². The first-order valence-electron chi connectivity index (χ1n) is 8.94. The molecule has 5 nitrogen and oxygen atoms in total. The van der Waals surface area contributed by atoms with Crippen LogP contribution in [0, 0.1) is 6.92 Å². The summed E-state index contributed by atoms with van der Waals surface area (Å²) in [6.07, 6.45) is -0.0638. The zero-order valence-corrected chi connectivity index (χ0v) is 15.9. The minimum absolute atomic E-state index is 0.0335. The molecule has 0 spiro atoms. The zero-order valence-electron chi connectivity index (χ0n) is 15.9. The Bertz CT molecular complexity index is 791. The molecule has 0 saturated carbocycles. The van der Waals surface area contributed by atoms with Gasteiger partial charge in [-0.3, -0.25) is 4.79 Å². The smallest absolute Gasteiger partial charge is 0.253 e. The Morgan fingerprint density at radius 3 is 2.81 bits per heavy atom. The second-order valence-corrected chi connectivity index (χ2v) is 6.62. The van der Waals surface area contributed by atoms with Gasteiger partial charge in [0, 0.05) is 19.2 Å². The SMILES string of the molecule is CCN1C[C@H](CN(C)C(=O)c2ccc(C)c(OC)c2)Oc2ccccc21. The standard InChI is InChI=1S/C21H26N2O3/c1-5-23-14-17(26-19-9-7-6-8-18(19)23)13-22(3)21(24)16-11-10-15(2)20(12-16)25-4/h6-12,17H,5,13-14H2,1-4H3/t17-/m0/s1. The lowest BCUT2D eigenvalue weighted by molar-refractivity contribution is 0.0709. The maximum atomic E-state index is 12.8. The molecule has 2 aromatic rings. The lowest BCUT2D eigenvalue weighted by atomic mass is 10.1. The highest BCUT2D eigenvalue weighted by Crippen LogP contribution is 2.33. The van der Waals surface area contributed by atoms with Crippen LogP contribution in [0.2, 0.25) is 0 Å². The van der Waals surface area contributed by atoms with Crippen LogP contribution < -0.4 is 14.4 Å². The van der Waals surface area contributed by atoms with Gasteiger partial charge in [0.1, 0.15) is 17.6 Å². The van der Waals surface area contributed by atoms with E-state index in [1.54, 1.807) is 18.1 Å². The van der Waals surface area contributed by atoms with Crippen molar-refractivity contribution in [2.24, 2.45) is 0 Å². The summed E-state index contributed by atoms with van der Waals surface area (Å²) in [5.74, 6) is 1.57. The number of aryl methyl sites for hydroxylation is 1. The van der Waals surface area contributed by atoms with Crippen LogP contribution in [0.3, 0.4) is 0 Å². The van der Waals surface area contributed by atoms with Crippen molar-refractivity contribution in [1.29, 1.82) is 0 Å². The van der Waals surface area contributed by atoms with Gasteiger partial charge in [0.15, 0.2) is 0 Å². The van der Waals surface area contributed by atoms with E-state index in [9.17, 15) is 4.79 Å². The van der Waals surface area contributed by atoms with Gasteiger partial charge < -0.3 is 19.3 Å². The van der Waals surface area contributed by atoms with Gasteiger partial charge in [0.2, 0.25) is 0 Å². The van der Waals surface area contributed by atoms with Crippen LogP contribution in [0.4, 0.5) is 5.69 Å². The lowest BCUT2D eigenvalue weighted by Gasteiger charge is -2.37. The predicted molar refractivity (Wildman–Crippen MR) is 103 cm³/mol. The number of hydrogen-bond donors (Lipinski definition) is 0. The summed E-state index contributed by atoms with van der Waals surface area (Å²) in [6.45, 7) is 6.29. The minimum Gasteiger partial charge on any atom is -0.496 e. The number of hydrogen-bond acceptors (Lipinski definition) is 4. The summed E-state index contributed by atoms with van der Waals surface area (Å²) in [5, 5.41) is 0. The van der Waals surface area contributed by atoms with Crippen molar-refractivity contribution < 1.29 is 14.3 Å². The molecule has 1 heterocycles. The first-order chi connectivity index (χ1) is 12.5. The van der Waals surface area contributed by atoms with E-state index < -0.39 is 0 Å². The summed E-state index contributed by atoms with van der Waals surface area (Å²) < 4.78 is 11.5. The van der Waals surface area contributed by atoms with Crippen molar-refractivity contribution in [3.8, 4) is 11.5 Å². The maximum Gasteiger partial charge on any atom is 0.253 e. The van der Waals surface area contributed by atoms with Crippen molar-refractivity contribution in [1.82, 2.24) is 4.90 Å². The highest BCUT2D eigenvalue weighted by atomic mass is 16.5. The molecule has 0 unspecified atom stereocenters. The van der Waals surface area contributed by atoms with E-state index in [2.05, 4.69) is 17.9 Å². The fourth-order valence-electron chi connectivity index (χ4n) is 3.34. The first kappa shape index (κ1) is 18.1. The Labute approximate surface area is 155 Å². The summed E-state index contributed by atoms with van der Waals surface area (Å²) in [6, 6.07) is 13.6. The third kappa shape index (κ3) is 3.62.